The molecule has 0 radical (unpaired) electrons. The Hall–Kier alpha value is -1.62. The van der Waals surface area contributed by atoms with Crippen molar-refractivity contribution < 1.29 is 14.3 Å². The number of halogens is 2. The maximum absolute atomic E-state index is 13.4. The molecule has 0 unspecified atom stereocenters. The van der Waals surface area contributed by atoms with Gasteiger partial charge in [-0.1, -0.05) is 18.2 Å². The molecule has 2 aromatic rings. The van der Waals surface area contributed by atoms with E-state index in [9.17, 15) is 9.18 Å². The number of aromatic carboxylic acids is 1. The second-order valence-corrected chi connectivity index (χ2v) is 4.48. The van der Waals surface area contributed by atoms with E-state index in [2.05, 4.69) is 15.9 Å². The zero-order valence-corrected chi connectivity index (χ0v) is 10.3. The molecule has 5 heteroatoms. The molecule has 88 valence electrons. The molecule has 3 nitrogen and oxygen atoms in total. The third-order valence-electron chi connectivity index (χ3n) is 2.38. The number of benzene rings is 1. The summed E-state index contributed by atoms with van der Waals surface area (Å²) in [4.78, 5) is 11.0. The summed E-state index contributed by atoms with van der Waals surface area (Å²) in [5, 5.41) is 8.99. The molecule has 0 saturated heterocycles. The maximum Gasteiger partial charge on any atom is 0.352 e. The van der Waals surface area contributed by atoms with Crippen LogP contribution in [0.4, 0.5) is 4.39 Å². The average Bonchev–Trinajstić information content (AvgIpc) is 2.63. The van der Waals surface area contributed by atoms with Crippen LogP contribution in [0.5, 0.6) is 0 Å². The highest BCUT2D eigenvalue weighted by Gasteiger charge is 2.12. The number of carboxylic acids is 1. The Morgan fingerprint density at radius 2 is 2.12 bits per heavy atom. The minimum absolute atomic E-state index is 0.125. The van der Waals surface area contributed by atoms with Crippen LogP contribution < -0.4 is 0 Å². The number of rotatable bonds is 3. The van der Waals surface area contributed by atoms with Gasteiger partial charge in [-0.2, -0.15) is 0 Å². The topological polar surface area (TPSA) is 42.2 Å². The largest absolute Gasteiger partial charge is 0.477 e. The van der Waals surface area contributed by atoms with Crippen molar-refractivity contribution in [2.75, 3.05) is 0 Å². The van der Waals surface area contributed by atoms with Crippen molar-refractivity contribution in [1.82, 2.24) is 4.57 Å². The van der Waals surface area contributed by atoms with Crippen LogP contribution in [0.15, 0.2) is 41.0 Å². The second kappa shape index (κ2) is 4.71. The van der Waals surface area contributed by atoms with E-state index < -0.39 is 5.97 Å². The predicted octanol–water partition coefficient (Wildman–Crippen LogP) is 3.14. The highest BCUT2D eigenvalue weighted by molar-refractivity contribution is 9.10. The zero-order valence-electron chi connectivity index (χ0n) is 8.73. The molecular weight excluding hydrogens is 289 g/mol. The van der Waals surface area contributed by atoms with Gasteiger partial charge in [0.1, 0.15) is 11.5 Å². The fraction of sp³-hybridized carbons (Fsp3) is 0.0833. The lowest BCUT2D eigenvalue weighted by Crippen LogP contribution is -2.09. The summed E-state index contributed by atoms with van der Waals surface area (Å²) in [6, 6.07) is 7.80. The van der Waals surface area contributed by atoms with Gasteiger partial charge in [-0.3, -0.25) is 0 Å². The fourth-order valence-electron chi connectivity index (χ4n) is 1.59. The number of hydrogen-bond donors (Lipinski definition) is 1. The molecule has 0 aliphatic carbocycles. The molecule has 2 rings (SSSR count). The van der Waals surface area contributed by atoms with Crippen LogP contribution >= 0.6 is 15.9 Å². The molecule has 1 N–H and O–H groups in total. The van der Waals surface area contributed by atoms with Crippen molar-refractivity contribution in [2.45, 2.75) is 6.54 Å². The number of aromatic nitrogens is 1. The van der Waals surface area contributed by atoms with E-state index in [1.807, 2.05) is 0 Å². The van der Waals surface area contributed by atoms with Crippen molar-refractivity contribution in [1.29, 1.82) is 0 Å². The van der Waals surface area contributed by atoms with Gasteiger partial charge in [0.05, 0.1) is 6.54 Å². The Morgan fingerprint density at radius 1 is 1.41 bits per heavy atom. The quantitative estimate of drug-likeness (QED) is 0.946. The molecule has 0 saturated carbocycles. The van der Waals surface area contributed by atoms with Gasteiger partial charge in [0.15, 0.2) is 0 Å². The van der Waals surface area contributed by atoms with Crippen molar-refractivity contribution >= 4 is 21.9 Å². The summed E-state index contributed by atoms with van der Waals surface area (Å²) in [6.45, 7) is 0.194. The van der Waals surface area contributed by atoms with Gasteiger partial charge >= 0.3 is 5.97 Å². The van der Waals surface area contributed by atoms with Crippen LogP contribution in [0, 0.1) is 5.82 Å². The second-order valence-electron chi connectivity index (χ2n) is 3.57. The summed E-state index contributed by atoms with van der Waals surface area (Å²) >= 11 is 3.21. The van der Waals surface area contributed by atoms with E-state index in [1.165, 1.54) is 16.7 Å². The monoisotopic (exact) mass is 297 g/mol. The van der Waals surface area contributed by atoms with E-state index >= 15 is 0 Å². The first-order chi connectivity index (χ1) is 8.08. The van der Waals surface area contributed by atoms with Crippen molar-refractivity contribution in [3.8, 4) is 0 Å². The van der Waals surface area contributed by atoms with Gasteiger partial charge in [-0.05, 0) is 28.1 Å². The molecule has 0 fully saturated rings. The number of carboxylic acid groups (broad SMARTS) is 1. The van der Waals surface area contributed by atoms with Crippen LogP contribution in [-0.2, 0) is 6.54 Å². The fourth-order valence-corrected chi connectivity index (χ4v) is 2.06. The van der Waals surface area contributed by atoms with Crippen LogP contribution in [-0.4, -0.2) is 15.6 Å². The zero-order chi connectivity index (χ0) is 12.4. The predicted molar refractivity (Wildman–Crippen MR) is 64.6 cm³/mol. The Labute approximate surface area is 106 Å². The molecule has 17 heavy (non-hydrogen) atoms. The van der Waals surface area contributed by atoms with Gasteiger partial charge < -0.3 is 9.67 Å². The molecule has 0 aliphatic rings. The molecule has 0 aliphatic heterocycles. The summed E-state index contributed by atoms with van der Waals surface area (Å²) in [7, 11) is 0. The molecule has 1 aromatic carbocycles. The molecule has 1 aromatic heterocycles. The van der Waals surface area contributed by atoms with Crippen LogP contribution in [0.1, 0.15) is 16.1 Å². The third kappa shape index (κ3) is 2.55. The first-order valence-corrected chi connectivity index (χ1v) is 5.69. The summed E-state index contributed by atoms with van der Waals surface area (Å²) < 4.78 is 15.6. The lowest BCUT2D eigenvalue weighted by atomic mass is 10.2. The van der Waals surface area contributed by atoms with E-state index in [0.29, 0.717) is 10.0 Å². The maximum atomic E-state index is 13.4. The molecule has 1 heterocycles. The first kappa shape index (κ1) is 11.9. The highest BCUT2D eigenvalue weighted by atomic mass is 79.9. The van der Waals surface area contributed by atoms with Gasteiger partial charge in [0.25, 0.3) is 0 Å². The Bertz CT molecular complexity index is 565. The van der Waals surface area contributed by atoms with Crippen LogP contribution in [0.3, 0.4) is 0 Å². The van der Waals surface area contributed by atoms with Crippen molar-refractivity contribution in [3.05, 3.63) is 58.1 Å². The molecule has 0 spiro atoms. The smallest absolute Gasteiger partial charge is 0.352 e. The van der Waals surface area contributed by atoms with Gasteiger partial charge in [0, 0.05) is 16.2 Å². The minimum atomic E-state index is -1.04. The lowest BCUT2D eigenvalue weighted by Gasteiger charge is -2.07. The van der Waals surface area contributed by atoms with E-state index in [-0.39, 0.29) is 18.1 Å². The molecule has 0 amide bonds. The van der Waals surface area contributed by atoms with Gasteiger partial charge in [-0.25, -0.2) is 9.18 Å². The Balaban J connectivity index is 2.36. The average molecular weight is 298 g/mol. The van der Waals surface area contributed by atoms with Gasteiger partial charge in [0.2, 0.25) is 0 Å². The van der Waals surface area contributed by atoms with Gasteiger partial charge in [-0.15, -0.1) is 0 Å². The Morgan fingerprint density at radius 3 is 2.76 bits per heavy atom. The van der Waals surface area contributed by atoms with Crippen LogP contribution in [0.25, 0.3) is 0 Å². The van der Waals surface area contributed by atoms with Crippen LogP contribution in [0.2, 0.25) is 0 Å². The molecular formula is C12H9BrFNO2. The summed E-state index contributed by atoms with van der Waals surface area (Å²) in [5.74, 6) is -1.37. The number of hydrogen-bond acceptors (Lipinski definition) is 1. The SMILES string of the molecule is O=C(O)c1cc(Br)cn1Cc1ccccc1F. The normalized spacial score (nSPS) is 10.5. The lowest BCUT2D eigenvalue weighted by molar-refractivity contribution is 0.0685. The van der Waals surface area contributed by atoms with Crippen molar-refractivity contribution in [3.63, 3.8) is 0 Å². The summed E-state index contributed by atoms with van der Waals surface area (Å²) in [6.07, 6.45) is 1.62. The molecule has 0 bridgehead atoms. The van der Waals surface area contributed by atoms with E-state index in [0.717, 1.165) is 0 Å². The van der Waals surface area contributed by atoms with Crippen molar-refractivity contribution in [2.24, 2.45) is 0 Å². The van der Waals surface area contributed by atoms with E-state index in [1.54, 1.807) is 24.4 Å². The third-order valence-corrected chi connectivity index (χ3v) is 2.81. The minimum Gasteiger partial charge on any atom is -0.477 e. The summed E-state index contributed by atoms with van der Waals surface area (Å²) in [5.41, 5.74) is 0.582. The number of carbonyl (C=O) groups is 1. The Kier molecular flexibility index (Phi) is 3.28. The number of nitrogens with zero attached hydrogens (tertiary/aromatic N) is 1. The molecule has 0 atom stereocenters. The van der Waals surface area contributed by atoms with E-state index in [4.69, 9.17) is 5.11 Å². The standard InChI is InChI=1S/C12H9BrFNO2/c13-9-5-11(12(16)17)15(7-9)6-8-3-1-2-4-10(8)14/h1-5,7H,6H2,(H,16,17). The highest BCUT2D eigenvalue weighted by Crippen LogP contribution is 2.17. The first-order valence-electron chi connectivity index (χ1n) is 4.90.